The van der Waals surface area contributed by atoms with E-state index >= 15 is 0 Å². The number of benzene rings is 3. The van der Waals surface area contributed by atoms with Crippen molar-refractivity contribution in [3.8, 4) is 0 Å². The van der Waals surface area contributed by atoms with Crippen LogP contribution in [0.4, 0.5) is 5.69 Å². The Bertz CT molecular complexity index is 834. The first-order valence-corrected chi connectivity index (χ1v) is 7.61. The van der Waals surface area contributed by atoms with E-state index in [1.165, 1.54) is 18.2 Å². The van der Waals surface area contributed by atoms with Crippen molar-refractivity contribution < 1.29 is 9.72 Å². The van der Waals surface area contributed by atoms with Crippen molar-refractivity contribution in [3.05, 3.63) is 112 Å². The maximum atomic E-state index is 12.0. The van der Waals surface area contributed by atoms with Crippen molar-refractivity contribution in [1.82, 2.24) is 0 Å². The van der Waals surface area contributed by atoms with E-state index in [0.29, 0.717) is 17.7 Å². The molecule has 1 radical (unpaired) electrons. The lowest BCUT2D eigenvalue weighted by Gasteiger charge is -2.00. The predicted molar refractivity (Wildman–Crippen MR) is 96.1 cm³/mol. The van der Waals surface area contributed by atoms with Crippen LogP contribution in [0.15, 0.2) is 78.9 Å². The van der Waals surface area contributed by atoms with Crippen LogP contribution < -0.4 is 5.73 Å². The fraction of sp³-hybridized carbons (Fsp3) is 0.0500. The van der Waals surface area contributed by atoms with Crippen LogP contribution in [0.25, 0.3) is 0 Å². The second kappa shape index (κ2) is 9.10. The zero-order valence-corrected chi connectivity index (χ0v) is 13.5. The van der Waals surface area contributed by atoms with Gasteiger partial charge < -0.3 is 5.73 Å². The van der Waals surface area contributed by atoms with Crippen molar-refractivity contribution >= 4 is 11.5 Å². The van der Waals surface area contributed by atoms with Crippen molar-refractivity contribution in [2.45, 2.75) is 6.54 Å². The minimum atomic E-state index is -0.512. The van der Waals surface area contributed by atoms with Gasteiger partial charge in [-0.3, -0.25) is 14.9 Å². The molecule has 125 valence electrons. The quantitative estimate of drug-likeness (QED) is 0.447. The Labute approximate surface area is 145 Å². The summed E-state index contributed by atoms with van der Waals surface area (Å²) in [7, 11) is 0. The number of nitrogens with zero attached hydrogens (tertiary/aromatic N) is 1. The van der Waals surface area contributed by atoms with Gasteiger partial charge in [-0.1, -0.05) is 66.7 Å². The first kappa shape index (κ1) is 18.0. The highest BCUT2D eigenvalue weighted by Crippen LogP contribution is 2.16. The molecule has 5 nitrogen and oxygen atoms in total. The number of carbonyl (C=O) groups excluding carboxylic acids is 1. The number of rotatable bonds is 4. The molecule has 0 spiro atoms. The summed E-state index contributed by atoms with van der Waals surface area (Å²) in [6.45, 7) is 0.620. The number of hydrogen-bond donors (Lipinski definition) is 1. The minimum absolute atomic E-state index is 0.0771. The van der Waals surface area contributed by atoms with Gasteiger partial charge in [-0.15, -0.1) is 0 Å². The first-order chi connectivity index (χ1) is 12.1. The van der Waals surface area contributed by atoms with Crippen LogP contribution in [0.5, 0.6) is 0 Å². The average Bonchev–Trinajstić information content (AvgIpc) is 2.69. The summed E-state index contributed by atoms with van der Waals surface area (Å²) in [5.41, 5.74) is 7.26. The Hall–Kier alpha value is -3.31. The van der Waals surface area contributed by atoms with Crippen LogP contribution in [-0.2, 0) is 6.54 Å². The van der Waals surface area contributed by atoms with E-state index in [0.717, 1.165) is 5.56 Å². The van der Waals surface area contributed by atoms with Crippen molar-refractivity contribution in [2.75, 3.05) is 0 Å². The molecule has 0 amide bonds. The standard InChI is InChI=1S/C13H9NO3.C7H8N/c15-13(10-5-2-1-3-6-10)11-7-4-8-12(9-11)14(16)17;8-6-7-4-2-1-3-5-7/h1-9H;2-5H,6,8H2. The molecule has 3 rings (SSSR count). The number of ketones is 1. The second-order valence-corrected chi connectivity index (χ2v) is 5.11. The smallest absolute Gasteiger partial charge is 0.270 e. The highest BCUT2D eigenvalue weighted by Gasteiger charge is 2.12. The zero-order chi connectivity index (χ0) is 18.1. The van der Waals surface area contributed by atoms with Crippen molar-refractivity contribution in [3.63, 3.8) is 0 Å². The molecule has 5 heteroatoms. The van der Waals surface area contributed by atoms with Crippen LogP contribution >= 0.6 is 0 Å². The molecule has 0 saturated carbocycles. The Morgan fingerprint density at radius 1 is 0.960 bits per heavy atom. The molecule has 0 aliphatic heterocycles. The maximum Gasteiger partial charge on any atom is 0.270 e. The lowest BCUT2D eigenvalue weighted by Crippen LogP contribution is -2.01. The molecule has 0 bridgehead atoms. The van der Waals surface area contributed by atoms with Gasteiger partial charge in [-0.2, -0.15) is 0 Å². The maximum absolute atomic E-state index is 12.0. The number of nitro benzene ring substituents is 1. The van der Waals surface area contributed by atoms with E-state index in [4.69, 9.17) is 5.73 Å². The molecule has 2 N–H and O–H groups in total. The lowest BCUT2D eigenvalue weighted by atomic mass is 10.0. The van der Waals surface area contributed by atoms with E-state index in [2.05, 4.69) is 6.07 Å². The molecular formula is C20H17N2O3. The summed E-state index contributed by atoms with van der Waals surface area (Å²) < 4.78 is 0. The van der Waals surface area contributed by atoms with Gasteiger partial charge in [-0.25, -0.2) is 0 Å². The number of nitro groups is 1. The van der Waals surface area contributed by atoms with E-state index in [1.807, 2.05) is 30.3 Å². The summed E-state index contributed by atoms with van der Waals surface area (Å²) in [6.07, 6.45) is 0. The van der Waals surface area contributed by atoms with Gasteiger partial charge in [0.2, 0.25) is 0 Å². The molecule has 0 saturated heterocycles. The molecule has 3 aromatic rings. The molecular weight excluding hydrogens is 316 g/mol. The average molecular weight is 333 g/mol. The SMILES string of the molecule is NCc1cc[c]cc1.O=C(c1ccccc1)c1cccc([N+](=O)[O-])c1. The lowest BCUT2D eigenvalue weighted by molar-refractivity contribution is -0.384. The van der Waals surface area contributed by atoms with E-state index in [-0.39, 0.29) is 11.5 Å². The summed E-state index contributed by atoms with van der Waals surface area (Å²) in [4.78, 5) is 22.1. The molecule has 0 heterocycles. The van der Waals surface area contributed by atoms with Crippen LogP contribution in [-0.4, -0.2) is 10.7 Å². The number of non-ortho nitro benzene ring substituents is 1. The third-order valence-corrected chi connectivity index (χ3v) is 3.38. The van der Waals surface area contributed by atoms with E-state index < -0.39 is 4.92 Å². The van der Waals surface area contributed by atoms with Gasteiger partial charge in [0, 0.05) is 29.8 Å². The number of hydrogen-bond acceptors (Lipinski definition) is 4. The van der Waals surface area contributed by atoms with Gasteiger partial charge in [0.05, 0.1) is 4.92 Å². The molecule has 0 aromatic heterocycles. The van der Waals surface area contributed by atoms with Gasteiger partial charge in [0.25, 0.3) is 5.69 Å². The van der Waals surface area contributed by atoms with Crippen LogP contribution in [0.1, 0.15) is 21.5 Å². The third kappa shape index (κ3) is 5.37. The Kier molecular flexibility index (Phi) is 6.56. The normalized spacial score (nSPS) is 9.64. The molecule has 0 aliphatic carbocycles. The fourth-order valence-corrected chi connectivity index (χ4v) is 2.07. The molecule has 0 atom stereocenters. The molecule has 3 aromatic carbocycles. The Morgan fingerprint density at radius 3 is 2.16 bits per heavy atom. The Balaban J connectivity index is 0.000000236. The molecule has 0 fully saturated rings. The topological polar surface area (TPSA) is 86.2 Å². The highest BCUT2D eigenvalue weighted by molar-refractivity contribution is 6.09. The highest BCUT2D eigenvalue weighted by atomic mass is 16.6. The fourth-order valence-electron chi connectivity index (χ4n) is 2.07. The summed E-state index contributed by atoms with van der Waals surface area (Å²) >= 11 is 0. The number of nitrogens with two attached hydrogens (primary N) is 1. The van der Waals surface area contributed by atoms with Gasteiger partial charge in [-0.05, 0) is 11.6 Å². The Morgan fingerprint density at radius 2 is 1.60 bits per heavy atom. The summed E-state index contributed by atoms with van der Waals surface area (Å²) in [5.74, 6) is -0.214. The zero-order valence-electron chi connectivity index (χ0n) is 13.5. The van der Waals surface area contributed by atoms with Crippen LogP contribution in [0.3, 0.4) is 0 Å². The van der Waals surface area contributed by atoms with E-state index in [1.54, 1.807) is 30.3 Å². The van der Waals surface area contributed by atoms with Crippen LogP contribution in [0, 0.1) is 16.2 Å². The second-order valence-electron chi connectivity index (χ2n) is 5.11. The molecule has 0 aliphatic rings. The monoisotopic (exact) mass is 333 g/mol. The van der Waals surface area contributed by atoms with Gasteiger partial charge >= 0.3 is 0 Å². The number of carbonyl (C=O) groups is 1. The van der Waals surface area contributed by atoms with Gasteiger partial charge in [0.15, 0.2) is 5.78 Å². The summed E-state index contributed by atoms with van der Waals surface area (Å²) in [6, 6.07) is 25.0. The minimum Gasteiger partial charge on any atom is -0.326 e. The summed E-state index contributed by atoms with van der Waals surface area (Å²) in [5, 5.41) is 10.6. The molecule has 0 unspecified atom stereocenters. The largest absolute Gasteiger partial charge is 0.326 e. The van der Waals surface area contributed by atoms with Crippen molar-refractivity contribution in [2.24, 2.45) is 5.73 Å². The van der Waals surface area contributed by atoms with E-state index in [9.17, 15) is 14.9 Å². The first-order valence-electron chi connectivity index (χ1n) is 7.61. The third-order valence-electron chi connectivity index (χ3n) is 3.38. The van der Waals surface area contributed by atoms with Gasteiger partial charge in [0.1, 0.15) is 0 Å². The molecule has 25 heavy (non-hydrogen) atoms. The van der Waals surface area contributed by atoms with Crippen molar-refractivity contribution in [1.29, 1.82) is 0 Å². The van der Waals surface area contributed by atoms with Crippen LogP contribution in [0.2, 0.25) is 0 Å². The predicted octanol–water partition coefficient (Wildman–Crippen LogP) is 3.77.